The molecule has 3 rings (SSSR count). The Kier molecular flexibility index (Phi) is 6.09. The molecule has 4 heteroatoms. The molecule has 0 heterocycles. The summed E-state index contributed by atoms with van der Waals surface area (Å²) in [6, 6.07) is 23.4. The fourth-order valence-electron chi connectivity index (χ4n) is 2.84. The van der Waals surface area contributed by atoms with E-state index in [0.717, 1.165) is 23.1 Å². The minimum absolute atomic E-state index is 0.126. The van der Waals surface area contributed by atoms with Crippen molar-refractivity contribution in [2.75, 3.05) is 6.61 Å². The van der Waals surface area contributed by atoms with Crippen LogP contribution >= 0.6 is 0 Å². The summed E-state index contributed by atoms with van der Waals surface area (Å²) >= 11 is 0. The van der Waals surface area contributed by atoms with Crippen molar-refractivity contribution in [2.45, 2.75) is 31.6 Å². The van der Waals surface area contributed by atoms with E-state index < -0.39 is 10.1 Å². The van der Waals surface area contributed by atoms with Crippen molar-refractivity contribution in [1.82, 2.24) is 0 Å². The third-order valence-electron chi connectivity index (χ3n) is 4.59. The van der Waals surface area contributed by atoms with Gasteiger partial charge in [0.25, 0.3) is 10.1 Å². The summed E-state index contributed by atoms with van der Waals surface area (Å²) in [6.07, 6.45) is 1.57. The van der Waals surface area contributed by atoms with Crippen LogP contribution in [0.25, 0.3) is 11.1 Å². The van der Waals surface area contributed by atoms with Crippen LogP contribution in [0.4, 0.5) is 0 Å². The number of benzene rings is 3. The first kappa shape index (κ1) is 19.3. The molecule has 27 heavy (non-hydrogen) atoms. The summed E-state index contributed by atoms with van der Waals surface area (Å²) in [5.74, 6) is 0. The number of hydrogen-bond donors (Lipinski definition) is 0. The molecule has 0 aliphatic carbocycles. The Hall–Kier alpha value is -2.43. The van der Waals surface area contributed by atoms with Gasteiger partial charge in [-0.25, -0.2) is 0 Å². The Balaban J connectivity index is 1.59. The second kappa shape index (κ2) is 8.51. The van der Waals surface area contributed by atoms with Crippen LogP contribution < -0.4 is 0 Å². The average molecular weight is 381 g/mol. The SMILES string of the molecule is CCc1ccc(-c2ccc(CCOS(=O)(=O)c3ccc(C)cc3)cc2)cc1. The molecule has 0 unspecified atom stereocenters. The number of hydrogen-bond acceptors (Lipinski definition) is 3. The van der Waals surface area contributed by atoms with Gasteiger partial charge in [0.1, 0.15) is 0 Å². The van der Waals surface area contributed by atoms with Crippen molar-refractivity contribution >= 4 is 10.1 Å². The largest absolute Gasteiger partial charge is 0.296 e. The Morgan fingerprint density at radius 3 is 1.78 bits per heavy atom. The van der Waals surface area contributed by atoms with Crippen LogP contribution in [0.2, 0.25) is 0 Å². The van der Waals surface area contributed by atoms with Crippen LogP contribution in [0.1, 0.15) is 23.6 Å². The second-order valence-electron chi connectivity index (χ2n) is 6.59. The second-order valence-corrected chi connectivity index (χ2v) is 8.20. The van der Waals surface area contributed by atoms with Gasteiger partial charge in [0.2, 0.25) is 0 Å². The van der Waals surface area contributed by atoms with Gasteiger partial charge in [0, 0.05) is 0 Å². The molecule has 140 valence electrons. The van der Waals surface area contributed by atoms with Crippen LogP contribution in [-0.2, 0) is 27.1 Å². The van der Waals surface area contributed by atoms with Crippen LogP contribution in [0.15, 0.2) is 77.7 Å². The highest BCUT2D eigenvalue weighted by molar-refractivity contribution is 7.86. The molecule has 0 N–H and O–H groups in total. The van der Waals surface area contributed by atoms with Gasteiger partial charge in [-0.05, 0) is 54.2 Å². The number of aryl methyl sites for hydroxylation is 2. The van der Waals surface area contributed by atoms with Crippen LogP contribution in [0.5, 0.6) is 0 Å². The van der Waals surface area contributed by atoms with E-state index in [4.69, 9.17) is 4.18 Å². The smallest absolute Gasteiger partial charge is 0.266 e. The molecular weight excluding hydrogens is 356 g/mol. The van der Waals surface area contributed by atoms with Gasteiger partial charge in [0.15, 0.2) is 0 Å². The lowest BCUT2D eigenvalue weighted by molar-refractivity contribution is 0.322. The lowest BCUT2D eigenvalue weighted by atomic mass is 10.0. The predicted molar refractivity (Wildman–Crippen MR) is 109 cm³/mol. The highest BCUT2D eigenvalue weighted by Gasteiger charge is 2.14. The van der Waals surface area contributed by atoms with Crippen LogP contribution in [0.3, 0.4) is 0 Å². The molecule has 3 aromatic carbocycles. The van der Waals surface area contributed by atoms with Crippen LogP contribution in [-0.4, -0.2) is 15.0 Å². The van der Waals surface area contributed by atoms with E-state index in [-0.39, 0.29) is 11.5 Å². The Bertz CT molecular complexity index is 971. The fourth-order valence-corrected chi connectivity index (χ4v) is 3.75. The first-order valence-corrected chi connectivity index (χ1v) is 10.5. The zero-order valence-electron chi connectivity index (χ0n) is 15.7. The number of rotatable bonds is 7. The van der Waals surface area contributed by atoms with E-state index in [1.165, 1.54) is 11.1 Å². The van der Waals surface area contributed by atoms with Crippen molar-refractivity contribution in [3.63, 3.8) is 0 Å². The Morgan fingerprint density at radius 1 is 0.741 bits per heavy atom. The van der Waals surface area contributed by atoms with Gasteiger partial charge in [-0.2, -0.15) is 8.42 Å². The molecule has 0 fully saturated rings. The van der Waals surface area contributed by atoms with Gasteiger partial charge in [-0.3, -0.25) is 4.18 Å². The molecule has 0 spiro atoms. The summed E-state index contributed by atoms with van der Waals surface area (Å²) in [5, 5.41) is 0. The van der Waals surface area contributed by atoms with Crippen molar-refractivity contribution in [2.24, 2.45) is 0 Å². The average Bonchev–Trinajstić information content (AvgIpc) is 2.69. The summed E-state index contributed by atoms with van der Waals surface area (Å²) in [7, 11) is -3.70. The molecular formula is C23H24O3S. The summed E-state index contributed by atoms with van der Waals surface area (Å²) in [4.78, 5) is 0.193. The molecule has 0 bridgehead atoms. The fraction of sp³-hybridized carbons (Fsp3) is 0.217. The van der Waals surface area contributed by atoms with Crippen LogP contribution in [0, 0.1) is 6.92 Å². The molecule has 0 radical (unpaired) electrons. The topological polar surface area (TPSA) is 43.4 Å². The third kappa shape index (κ3) is 5.06. The maximum Gasteiger partial charge on any atom is 0.296 e. The van der Waals surface area contributed by atoms with E-state index in [2.05, 4.69) is 43.3 Å². The minimum atomic E-state index is -3.70. The molecule has 0 aromatic heterocycles. The van der Waals surface area contributed by atoms with Crippen molar-refractivity contribution in [3.05, 3.63) is 89.5 Å². The molecule has 0 aliphatic heterocycles. The van der Waals surface area contributed by atoms with Crippen molar-refractivity contribution in [1.29, 1.82) is 0 Å². The first-order chi connectivity index (χ1) is 13.0. The van der Waals surface area contributed by atoms with E-state index in [1.807, 2.05) is 19.1 Å². The summed E-state index contributed by atoms with van der Waals surface area (Å²) in [6.45, 7) is 4.19. The van der Waals surface area contributed by atoms with E-state index in [9.17, 15) is 8.42 Å². The maximum atomic E-state index is 12.2. The van der Waals surface area contributed by atoms with E-state index in [0.29, 0.717) is 6.42 Å². The normalized spacial score (nSPS) is 11.5. The van der Waals surface area contributed by atoms with Crippen molar-refractivity contribution < 1.29 is 12.6 Å². The van der Waals surface area contributed by atoms with E-state index in [1.54, 1.807) is 24.3 Å². The summed E-state index contributed by atoms with van der Waals surface area (Å²) in [5.41, 5.74) is 5.70. The first-order valence-electron chi connectivity index (χ1n) is 9.12. The quantitative estimate of drug-likeness (QED) is 0.531. The maximum absolute atomic E-state index is 12.2. The molecule has 3 nitrogen and oxygen atoms in total. The molecule has 0 saturated heterocycles. The van der Waals surface area contributed by atoms with E-state index >= 15 is 0 Å². The standard InChI is InChI=1S/C23H24O3S/c1-3-19-6-10-21(11-7-19)22-12-8-20(9-13-22)16-17-26-27(24,25)23-14-4-18(2)5-15-23/h4-15H,3,16-17H2,1-2H3. The third-order valence-corrected chi connectivity index (χ3v) is 5.91. The van der Waals surface area contributed by atoms with Gasteiger partial charge in [-0.15, -0.1) is 0 Å². The zero-order valence-corrected chi connectivity index (χ0v) is 16.5. The van der Waals surface area contributed by atoms with Gasteiger partial charge in [0.05, 0.1) is 11.5 Å². The van der Waals surface area contributed by atoms with Gasteiger partial charge < -0.3 is 0 Å². The molecule has 0 atom stereocenters. The highest BCUT2D eigenvalue weighted by atomic mass is 32.2. The lowest BCUT2D eigenvalue weighted by Gasteiger charge is -2.07. The predicted octanol–water partition coefficient (Wildman–Crippen LogP) is 5.17. The lowest BCUT2D eigenvalue weighted by Crippen LogP contribution is -2.09. The zero-order chi connectivity index (χ0) is 19.3. The Morgan fingerprint density at radius 2 is 1.26 bits per heavy atom. The molecule has 3 aromatic rings. The van der Waals surface area contributed by atoms with Gasteiger partial charge >= 0.3 is 0 Å². The minimum Gasteiger partial charge on any atom is -0.266 e. The highest BCUT2D eigenvalue weighted by Crippen LogP contribution is 2.21. The molecule has 0 saturated carbocycles. The molecule has 0 aliphatic rings. The molecule has 0 amide bonds. The monoisotopic (exact) mass is 380 g/mol. The summed E-state index contributed by atoms with van der Waals surface area (Å²) < 4.78 is 29.6. The van der Waals surface area contributed by atoms with Crippen molar-refractivity contribution in [3.8, 4) is 11.1 Å². The van der Waals surface area contributed by atoms with Gasteiger partial charge in [-0.1, -0.05) is 73.2 Å². The Labute approximate surface area is 161 Å².